The second-order valence-corrected chi connectivity index (χ2v) is 7.61. The lowest BCUT2D eigenvalue weighted by Crippen LogP contribution is -2.30. The van der Waals surface area contributed by atoms with Gasteiger partial charge in [-0.3, -0.25) is 4.79 Å². The highest BCUT2D eigenvalue weighted by molar-refractivity contribution is 9.10. The van der Waals surface area contributed by atoms with Gasteiger partial charge in [0.05, 0.1) is 4.47 Å². The number of benzene rings is 2. The van der Waals surface area contributed by atoms with Gasteiger partial charge in [-0.2, -0.15) is 0 Å². The molecule has 2 aromatic rings. The number of hydrogen-bond acceptors (Lipinski definition) is 2. The van der Waals surface area contributed by atoms with Crippen LogP contribution in [0, 0.1) is 0 Å². The Morgan fingerprint density at radius 3 is 2.42 bits per heavy atom. The average Bonchev–Trinajstić information content (AvgIpc) is 2.64. The highest BCUT2D eigenvalue weighted by Crippen LogP contribution is 2.26. The summed E-state index contributed by atoms with van der Waals surface area (Å²) < 4.78 is 6.47. The second kappa shape index (κ2) is 10.4. The summed E-state index contributed by atoms with van der Waals surface area (Å²) in [6, 6.07) is 14.7. The van der Waals surface area contributed by atoms with E-state index in [4.69, 9.17) is 4.74 Å². The molecule has 0 aliphatic carbocycles. The van der Waals surface area contributed by atoms with Gasteiger partial charge in [0, 0.05) is 6.54 Å². The van der Waals surface area contributed by atoms with Crippen molar-refractivity contribution >= 4 is 21.8 Å². The van der Waals surface area contributed by atoms with Gasteiger partial charge in [0.25, 0.3) is 5.91 Å². The summed E-state index contributed by atoms with van der Waals surface area (Å²) in [7, 11) is 0. The minimum Gasteiger partial charge on any atom is -0.483 e. The SMILES string of the molecule is CCc1ccc(OCC(=O)NCCCc2ccc(C(C)C)cc2)c(Br)c1. The largest absolute Gasteiger partial charge is 0.483 e. The van der Waals surface area contributed by atoms with E-state index < -0.39 is 0 Å². The van der Waals surface area contributed by atoms with E-state index in [1.54, 1.807) is 0 Å². The van der Waals surface area contributed by atoms with Gasteiger partial charge in [0.15, 0.2) is 6.61 Å². The molecule has 1 N–H and O–H groups in total. The number of aryl methyl sites for hydroxylation is 2. The summed E-state index contributed by atoms with van der Waals surface area (Å²) in [6.07, 6.45) is 2.85. The molecular formula is C22H28BrNO2. The standard InChI is InChI=1S/C22H28BrNO2/c1-4-17-9-12-21(20(23)14-17)26-15-22(25)24-13-5-6-18-7-10-19(11-8-18)16(2)3/h7-12,14,16H,4-6,13,15H2,1-3H3,(H,24,25). The summed E-state index contributed by atoms with van der Waals surface area (Å²) in [5.41, 5.74) is 3.90. The maximum absolute atomic E-state index is 11.9. The van der Waals surface area contributed by atoms with Crippen LogP contribution < -0.4 is 10.1 Å². The van der Waals surface area contributed by atoms with Gasteiger partial charge in [-0.1, -0.05) is 51.1 Å². The predicted molar refractivity (Wildman–Crippen MR) is 111 cm³/mol. The van der Waals surface area contributed by atoms with Crippen LogP contribution in [0.3, 0.4) is 0 Å². The number of halogens is 1. The smallest absolute Gasteiger partial charge is 0.257 e. The first kappa shape index (κ1) is 20.5. The van der Waals surface area contributed by atoms with E-state index in [1.807, 2.05) is 18.2 Å². The van der Waals surface area contributed by atoms with Crippen LogP contribution >= 0.6 is 15.9 Å². The molecular weight excluding hydrogens is 390 g/mol. The third kappa shape index (κ3) is 6.49. The summed E-state index contributed by atoms with van der Waals surface area (Å²) in [5.74, 6) is 1.16. The van der Waals surface area contributed by atoms with E-state index in [1.165, 1.54) is 16.7 Å². The number of carbonyl (C=O) groups excluding carboxylic acids is 1. The molecule has 0 fully saturated rings. The van der Waals surface area contributed by atoms with E-state index in [-0.39, 0.29) is 12.5 Å². The Kier molecular flexibility index (Phi) is 8.17. The molecule has 3 nitrogen and oxygen atoms in total. The highest BCUT2D eigenvalue weighted by Gasteiger charge is 2.06. The Bertz CT molecular complexity index is 711. The van der Waals surface area contributed by atoms with Crippen LogP contribution in [0.15, 0.2) is 46.9 Å². The Hall–Kier alpha value is -1.81. The lowest BCUT2D eigenvalue weighted by Gasteiger charge is -2.10. The van der Waals surface area contributed by atoms with E-state index in [2.05, 4.69) is 66.3 Å². The fourth-order valence-electron chi connectivity index (χ4n) is 2.67. The number of amides is 1. The van der Waals surface area contributed by atoms with Gasteiger partial charge in [0.1, 0.15) is 5.75 Å². The van der Waals surface area contributed by atoms with Gasteiger partial charge in [-0.05, 0) is 69.9 Å². The predicted octanol–water partition coefficient (Wildman–Crippen LogP) is 5.26. The van der Waals surface area contributed by atoms with Crippen LogP contribution in [0.1, 0.15) is 49.8 Å². The molecule has 0 aromatic heterocycles. The fourth-order valence-corrected chi connectivity index (χ4v) is 3.21. The maximum atomic E-state index is 11.9. The van der Waals surface area contributed by atoms with Crippen LogP contribution in [0.4, 0.5) is 0 Å². The minimum atomic E-state index is -0.0911. The van der Waals surface area contributed by atoms with Crippen molar-refractivity contribution in [2.45, 2.75) is 46.0 Å². The molecule has 1 amide bonds. The molecule has 0 aliphatic rings. The van der Waals surface area contributed by atoms with E-state index in [9.17, 15) is 4.79 Å². The van der Waals surface area contributed by atoms with Gasteiger partial charge in [0.2, 0.25) is 0 Å². The van der Waals surface area contributed by atoms with E-state index in [0.29, 0.717) is 18.2 Å². The van der Waals surface area contributed by atoms with Crippen molar-refractivity contribution in [2.24, 2.45) is 0 Å². The van der Waals surface area contributed by atoms with Crippen molar-refractivity contribution in [3.63, 3.8) is 0 Å². The summed E-state index contributed by atoms with van der Waals surface area (Å²) in [4.78, 5) is 11.9. The van der Waals surface area contributed by atoms with Crippen LogP contribution in [-0.4, -0.2) is 19.1 Å². The van der Waals surface area contributed by atoms with Crippen molar-refractivity contribution in [1.29, 1.82) is 0 Å². The normalized spacial score (nSPS) is 10.8. The van der Waals surface area contributed by atoms with Crippen molar-refractivity contribution in [3.8, 4) is 5.75 Å². The first-order chi connectivity index (χ1) is 12.5. The Labute approximate surface area is 165 Å². The van der Waals surface area contributed by atoms with Crippen molar-refractivity contribution < 1.29 is 9.53 Å². The summed E-state index contributed by atoms with van der Waals surface area (Å²) >= 11 is 3.48. The molecule has 0 spiro atoms. The van der Waals surface area contributed by atoms with Crippen LogP contribution in [-0.2, 0) is 17.6 Å². The zero-order valence-electron chi connectivity index (χ0n) is 15.8. The van der Waals surface area contributed by atoms with Crippen LogP contribution in [0.25, 0.3) is 0 Å². The molecule has 4 heteroatoms. The van der Waals surface area contributed by atoms with E-state index >= 15 is 0 Å². The molecule has 0 radical (unpaired) electrons. The fraction of sp³-hybridized carbons (Fsp3) is 0.409. The lowest BCUT2D eigenvalue weighted by atomic mass is 10.0. The van der Waals surface area contributed by atoms with Gasteiger partial charge in [-0.25, -0.2) is 0 Å². The molecule has 2 rings (SSSR count). The van der Waals surface area contributed by atoms with Crippen molar-refractivity contribution in [2.75, 3.05) is 13.2 Å². The Balaban J connectivity index is 1.67. The average molecular weight is 418 g/mol. The molecule has 0 heterocycles. The third-order valence-corrected chi connectivity index (χ3v) is 4.99. The first-order valence-corrected chi connectivity index (χ1v) is 10.1. The quantitative estimate of drug-likeness (QED) is 0.564. The zero-order valence-corrected chi connectivity index (χ0v) is 17.4. The Morgan fingerprint density at radius 1 is 1.12 bits per heavy atom. The molecule has 0 bridgehead atoms. The molecule has 140 valence electrons. The van der Waals surface area contributed by atoms with Crippen LogP contribution in [0.2, 0.25) is 0 Å². The molecule has 2 aromatic carbocycles. The van der Waals surface area contributed by atoms with Crippen molar-refractivity contribution in [3.05, 3.63) is 63.6 Å². The van der Waals surface area contributed by atoms with Crippen LogP contribution in [0.5, 0.6) is 5.75 Å². The minimum absolute atomic E-state index is 0.0349. The van der Waals surface area contributed by atoms with Gasteiger partial charge >= 0.3 is 0 Å². The summed E-state index contributed by atoms with van der Waals surface area (Å²) in [6.45, 7) is 7.19. The monoisotopic (exact) mass is 417 g/mol. The third-order valence-electron chi connectivity index (χ3n) is 4.37. The molecule has 0 aliphatic heterocycles. The summed E-state index contributed by atoms with van der Waals surface area (Å²) in [5, 5.41) is 2.92. The second-order valence-electron chi connectivity index (χ2n) is 6.76. The van der Waals surface area contributed by atoms with E-state index in [0.717, 1.165) is 23.7 Å². The topological polar surface area (TPSA) is 38.3 Å². The molecule has 26 heavy (non-hydrogen) atoms. The van der Waals surface area contributed by atoms with Gasteiger partial charge < -0.3 is 10.1 Å². The molecule has 0 unspecified atom stereocenters. The first-order valence-electron chi connectivity index (χ1n) is 9.26. The lowest BCUT2D eigenvalue weighted by molar-refractivity contribution is -0.123. The Morgan fingerprint density at radius 2 is 1.81 bits per heavy atom. The number of carbonyl (C=O) groups is 1. The number of ether oxygens (including phenoxy) is 1. The molecule has 0 saturated carbocycles. The number of nitrogens with one attached hydrogen (secondary N) is 1. The number of hydrogen-bond donors (Lipinski definition) is 1. The van der Waals surface area contributed by atoms with Crippen molar-refractivity contribution in [1.82, 2.24) is 5.32 Å². The van der Waals surface area contributed by atoms with Gasteiger partial charge in [-0.15, -0.1) is 0 Å². The molecule has 0 saturated heterocycles. The highest BCUT2D eigenvalue weighted by atomic mass is 79.9. The molecule has 0 atom stereocenters. The number of rotatable bonds is 9. The zero-order chi connectivity index (χ0) is 18.9. The maximum Gasteiger partial charge on any atom is 0.257 e.